The number of aromatic carboxylic acids is 1. The molecule has 109 heavy (non-hydrogen) atoms. The van der Waals surface area contributed by atoms with Crippen LogP contribution in [0, 0.1) is 0 Å². The van der Waals surface area contributed by atoms with Crippen LogP contribution in [0.5, 0.6) is 5.75 Å². The molecule has 12 N–H and O–H groups in total. The van der Waals surface area contributed by atoms with Crippen molar-refractivity contribution < 1.29 is 137 Å². The number of hydrogen-bond acceptors (Lipinski definition) is 31. The van der Waals surface area contributed by atoms with Crippen LogP contribution in [0.2, 0.25) is 0 Å². The van der Waals surface area contributed by atoms with Gasteiger partial charge < -0.3 is 98.5 Å². The van der Waals surface area contributed by atoms with Crippen molar-refractivity contribution in [2.75, 3.05) is 151 Å². The van der Waals surface area contributed by atoms with Gasteiger partial charge in [0.15, 0.2) is 5.43 Å². The standard InChI is InChI=1S/C66H88N7O33P3/c67-57-13-16-72(65(83)70-57)59-38-51(77)55(104-59)41-101-107(85,86)98-32-29-96-27-28-97-31-34-100-109(89,90)106-54-39-60(105-56(54)42-102-108(87,88)99-33-30-95-26-25-94-24-23-93-22-21-92-20-19-91-18-17-74)73-40-44(63(80)71-66(73)84)6-12-58(78)68-14-3-1-2-4-15-69-62(79)43-5-9-47(64(81)82)50(35-43)61-48-10-7-45(75)36-52(48)103-53-37-46(76)8-11-49(53)61/h5-13,16,35-37,40,51,54-56,59-60,74-75,77H,1-4,14-15,17-34,38-39,41-42H2,(H,68,78)(H,69,79)(H,81,82)(H,85,86)(H,87,88)(H,89,90)(H2,67,70,83)(H,71,80,84)/b12-6+. The van der Waals surface area contributed by atoms with E-state index in [0.29, 0.717) is 68.6 Å². The summed E-state index contributed by atoms with van der Waals surface area (Å²) in [5, 5.41) is 45.5. The van der Waals surface area contributed by atoms with Crippen molar-refractivity contribution in [2.24, 2.45) is 0 Å². The first-order chi connectivity index (χ1) is 52.3. The summed E-state index contributed by atoms with van der Waals surface area (Å²) in [6.07, 6.45) is -1.32. The fourth-order valence-electron chi connectivity index (χ4n) is 10.8. The van der Waals surface area contributed by atoms with Crippen LogP contribution in [0.25, 0.3) is 39.5 Å². The molecule has 0 bridgehead atoms. The van der Waals surface area contributed by atoms with Gasteiger partial charge in [0, 0.05) is 78.6 Å². The molecular weight excluding hydrogens is 1510 g/mol. The largest absolute Gasteiger partial charge is 0.508 e. The van der Waals surface area contributed by atoms with E-state index in [4.69, 9.17) is 85.0 Å². The minimum atomic E-state index is -5.07. The molecule has 0 saturated carbocycles. The van der Waals surface area contributed by atoms with E-state index in [9.17, 15) is 77.3 Å². The molecule has 600 valence electrons. The maximum absolute atomic E-state index is 13.5. The lowest BCUT2D eigenvalue weighted by Crippen LogP contribution is -2.33. The molecule has 3 aliphatic heterocycles. The number of H-pyrrole nitrogens is 1. The van der Waals surface area contributed by atoms with Crippen molar-refractivity contribution >= 4 is 64.1 Å². The fourth-order valence-corrected chi connectivity index (χ4v) is 13.2. The summed E-state index contributed by atoms with van der Waals surface area (Å²) in [4.78, 5) is 127. The summed E-state index contributed by atoms with van der Waals surface area (Å²) in [5.74, 6) is -2.36. The zero-order valence-corrected chi connectivity index (χ0v) is 61.5. The molecule has 0 spiro atoms. The van der Waals surface area contributed by atoms with Gasteiger partial charge in [-0.3, -0.25) is 60.4 Å². The van der Waals surface area contributed by atoms with Gasteiger partial charge in [0.1, 0.15) is 53.7 Å². The molecule has 4 aliphatic rings. The van der Waals surface area contributed by atoms with Crippen molar-refractivity contribution in [2.45, 2.75) is 75.4 Å². The van der Waals surface area contributed by atoms with Gasteiger partial charge in [-0.2, -0.15) is 4.98 Å². The molecule has 0 radical (unpaired) electrons. The first kappa shape index (κ1) is 86.9. The number of carbonyl (C=O) groups excluding carboxylic acids is 2. The number of nitrogen functional groups attached to an aromatic ring is 1. The Hall–Kier alpha value is -7.67. The monoisotopic (exact) mass is 1600 g/mol. The highest BCUT2D eigenvalue weighted by molar-refractivity contribution is 7.48. The van der Waals surface area contributed by atoms with Crippen molar-refractivity contribution in [1.82, 2.24) is 29.7 Å². The minimum Gasteiger partial charge on any atom is -0.508 e. The van der Waals surface area contributed by atoms with Crippen LogP contribution >= 0.6 is 23.5 Å². The second kappa shape index (κ2) is 43.8. The average Bonchev–Trinajstić information content (AvgIpc) is 1.07. The number of nitrogens with two attached hydrogens (primary N) is 1. The Labute approximate surface area is 620 Å². The van der Waals surface area contributed by atoms with Gasteiger partial charge >= 0.3 is 40.8 Å². The summed E-state index contributed by atoms with van der Waals surface area (Å²) < 4.78 is 126. The molecule has 43 heteroatoms. The first-order valence-electron chi connectivity index (χ1n) is 34.3. The number of phenolic OH excluding ortho intramolecular Hbond substituents is 1. The van der Waals surface area contributed by atoms with E-state index >= 15 is 0 Å². The maximum Gasteiger partial charge on any atom is 0.472 e. The number of anilines is 1. The lowest BCUT2D eigenvalue weighted by atomic mass is 9.89. The number of aliphatic hydroxyl groups excluding tert-OH is 2. The van der Waals surface area contributed by atoms with Crippen LogP contribution in [0.4, 0.5) is 5.82 Å². The SMILES string of the molecule is Nc1ccn(C2CC(O)C(COP(=O)(O)OCCOCCOCCOP(=O)(O)OC3CC(n4cc(/C=C/C(=O)NCCCCCCNC(=O)c5ccc(C(=O)O)c(-c6c7ccc(=O)cc-7oc7cc(O)ccc67)c5)c(=O)[nH]c4=O)OC3COP(=O)(O)OCCOCCOCCOCCOCCOCCO)O2)c(=O)n1. The van der Waals surface area contributed by atoms with Gasteiger partial charge in [-0.1, -0.05) is 12.8 Å². The number of carboxylic acids is 1. The number of carbonyl (C=O) groups is 3. The first-order valence-corrected chi connectivity index (χ1v) is 38.8. The summed E-state index contributed by atoms with van der Waals surface area (Å²) in [5.41, 5.74) is 3.45. The van der Waals surface area contributed by atoms with Crippen LogP contribution in [0.3, 0.4) is 0 Å². The number of hydrogen-bond donors (Lipinski definition) is 11. The number of phenols is 1. The lowest BCUT2D eigenvalue weighted by Gasteiger charge is -2.22. The molecule has 5 heterocycles. The van der Waals surface area contributed by atoms with Crippen molar-refractivity contribution in [3.63, 3.8) is 0 Å². The molecule has 1 aliphatic carbocycles. The van der Waals surface area contributed by atoms with Gasteiger partial charge in [-0.25, -0.2) is 28.1 Å². The quantitative estimate of drug-likeness (QED) is 0.0113. The molecule has 2 aromatic heterocycles. The molecule has 9 atom stereocenters. The minimum absolute atomic E-state index is 0.0153. The number of phosphoric acid groups is 3. The normalized spacial score (nSPS) is 19.0. The Morgan fingerprint density at radius 2 is 1.19 bits per heavy atom. The van der Waals surface area contributed by atoms with E-state index < -0.39 is 135 Å². The molecular formula is C66H88N7O33P3. The predicted molar refractivity (Wildman–Crippen MR) is 380 cm³/mol. The molecule has 40 nitrogen and oxygen atoms in total. The van der Waals surface area contributed by atoms with Crippen molar-refractivity contribution in [1.29, 1.82) is 0 Å². The number of phosphoric ester groups is 3. The Balaban J connectivity index is 0.766. The maximum atomic E-state index is 13.5. The zero-order chi connectivity index (χ0) is 78.4. The second-order valence-corrected chi connectivity index (χ2v) is 28.2. The molecule has 2 fully saturated rings. The molecule has 8 rings (SSSR count). The van der Waals surface area contributed by atoms with Crippen LogP contribution in [-0.4, -0.2) is 242 Å². The Bertz CT molecular complexity index is 4350. The molecule has 2 aromatic carbocycles. The predicted octanol–water partition coefficient (Wildman–Crippen LogP) is 2.59. The third kappa shape index (κ3) is 28.6. The smallest absolute Gasteiger partial charge is 0.472 e. The summed E-state index contributed by atoms with van der Waals surface area (Å²) >= 11 is 0. The van der Waals surface area contributed by atoms with Gasteiger partial charge in [0.2, 0.25) is 5.91 Å². The Morgan fingerprint density at radius 3 is 1.79 bits per heavy atom. The lowest BCUT2D eigenvalue weighted by molar-refractivity contribution is -0.116. The Kier molecular flexibility index (Phi) is 34.9. The van der Waals surface area contributed by atoms with Crippen LogP contribution in [0.1, 0.15) is 77.3 Å². The molecule has 2 amide bonds. The van der Waals surface area contributed by atoms with E-state index in [-0.39, 0.29) is 143 Å². The number of benzene rings is 3. The van der Waals surface area contributed by atoms with E-state index in [2.05, 4.69) is 20.6 Å². The average molecular weight is 1600 g/mol. The highest BCUT2D eigenvalue weighted by Crippen LogP contribution is 2.50. The van der Waals surface area contributed by atoms with Crippen LogP contribution in [-0.2, 0) is 88.3 Å². The number of ether oxygens (including phenoxy) is 9. The number of nitrogens with zero attached hydrogens (tertiary/aromatic N) is 3. The third-order valence-corrected chi connectivity index (χ3v) is 19.0. The van der Waals surface area contributed by atoms with E-state index in [1.807, 2.05) is 0 Å². The number of rotatable bonds is 51. The van der Waals surface area contributed by atoms with Gasteiger partial charge in [0.25, 0.3) is 11.5 Å². The number of carboxylic acid groups (broad SMARTS) is 1. The number of aromatic hydroxyl groups is 1. The highest BCUT2D eigenvalue weighted by atomic mass is 31.2. The fraction of sp³-hybridized carbons (Fsp3) is 0.515. The number of amides is 2. The summed E-state index contributed by atoms with van der Waals surface area (Å²) in [7, 11) is -14.6. The van der Waals surface area contributed by atoms with E-state index in [1.165, 1.54) is 60.8 Å². The number of nitrogens with one attached hydrogen (secondary N) is 3. The number of aliphatic hydroxyl groups is 2. The topological polar surface area (TPSA) is 553 Å². The summed E-state index contributed by atoms with van der Waals surface area (Å²) in [6, 6.07) is 13.8. The number of aromatic amines is 1. The van der Waals surface area contributed by atoms with Crippen LogP contribution in [0.15, 0.2) is 103 Å². The zero-order valence-electron chi connectivity index (χ0n) is 58.9. The van der Waals surface area contributed by atoms with Gasteiger partial charge in [-0.15, -0.1) is 0 Å². The second-order valence-electron chi connectivity index (χ2n) is 23.9. The summed E-state index contributed by atoms with van der Waals surface area (Å²) in [6.45, 7) is -1.03. The Morgan fingerprint density at radius 1 is 0.633 bits per heavy atom. The number of fused-ring (bicyclic) bond motifs is 2. The van der Waals surface area contributed by atoms with E-state index in [1.54, 1.807) is 6.07 Å². The molecule has 2 saturated heterocycles. The molecule has 4 aromatic rings. The number of unbranched alkanes of at least 4 members (excludes halogenated alkanes) is 3. The van der Waals surface area contributed by atoms with E-state index in [0.717, 1.165) is 27.5 Å². The van der Waals surface area contributed by atoms with Gasteiger partial charge in [-0.05, 0) is 73.0 Å². The van der Waals surface area contributed by atoms with Crippen LogP contribution < -0.4 is 38.7 Å². The molecule has 9 unspecified atom stereocenters. The van der Waals surface area contributed by atoms with Crippen molar-refractivity contribution in [3.8, 4) is 28.2 Å². The highest BCUT2D eigenvalue weighted by Gasteiger charge is 2.44. The van der Waals surface area contributed by atoms with Gasteiger partial charge in [0.05, 0.1) is 149 Å². The number of aromatic nitrogens is 4. The van der Waals surface area contributed by atoms with Crippen molar-refractivity contribution in [3.05, 3.63) is 137 Å². The third-order valence-electron chi connectivity index (χ3n) is 16.0.